The number of para-hydroxylation sites is 2. The molecule has 0 aliphatic heterocycles. The third-order valence-electron chi connectivity index (χ3n) is 8.11. The molecule has 0 saturated heterocycles. The highest BCUT2D eigenvalue weighted by molar-refractivity contribution is 7.26. The van der Waals surface area contributed by atoms with Crippen molar-refractivity contribution in [1.29, 1.82) is 0 Å². The van der Waals surface area contributed by atoms with Gasteiger partial charge in [-0.3, -0.25) is 4.79 Å². The molecule has 0 unspecified atom stereocenters. The maximum Gasteiger partial charge on any atom is 0.200 e. The van der Waals surface area contributed by atoms with Crippen LogP contribution in [-0.2, 0) is 0 Å². The molecule has 9 rings (SSSR count). The van der Waals surface area contributed by atoms with Gasteiger partial charge < -0.3 is 4.42 Å². The maximum atomic E-state index is 14.0. The van der Waals surface area contributed by atoms with Crippen molar-refractivity contribution in [2.24, 2.45) is 0 Å². The molecule has 0 saturated carbocycles. The average Bonchev–Trinajstić information content (AvgIpc) is 3.60. The van der Waals surface area contributed by atoms with E-state index in [2.05, 4.69) is 97.1 Å². The highest BCUT2D eigenvalue weighted by Crippen LogP contribution is 2.44. The highest BCUT2D eigenvalue weighted by atomic mass is 32.1. The second-order valence-electron chi connectivity index (χ2n) is 10.4. The molecular weight excluding hydrogens is 541 g/mol. The molecule has 0 radical (unpaired) electrons. The van der Waals surface area contributed by atoms with Gasteiger partial charge in [0.15, 0.2) is 0 Å². The van der Waals surface area contributed by atoms with Gasteiger partial charge in [-0.25, -0.2) is 0 Å². The minimum atomic E-state index is -0.00279. The summed E-state index contributed by atoms with van der Waals surface area (Å²) >= 11 is 3.57. The Balaban J connectivity index is 1.37. The van der Waals surface area contributed by atoms with Crippen LogP contribution in [0.4, 0.5) is 0 Å². The van der Waals surface area contributed by atoms with Crippen molar-refractivity contribution in [3.63, 3.8) is 0 Å². The lowest BCUT2D eigenvalue weighted by atomic mass is 9.98. The van der Waals surface area contributed by atoms with Gasteiger partial charge in [-0.1, -0.05) is 97.1 Å². The van der Waals surface area contributed by atoms with E-state index in [1.54, 1.807) is 22.7 Å². The summed E-state index contributed by atoms with van der Waals surface area (Å²) in [4.78, 5) is 14.0. The minimum Gasteiger partial charge on any atom is -0.455 e. The topological polar surface area (TPSA) is 30.2 Å². The summed E-state index contributed by atoms with van der Waals surface area (Å²) in [7, 11) is 0. The third kappa shape index (κ3) is 3.26. The zero-order valence-corrected chi connectivity index (χ0v) is 23.3. The van der Waals surface area contributed by atoms with E-state index < -0.39 is 0 Å². The molecule has 2 nitrogen and oxygen atoms in total. The Hall–Kier alpha value is -4.77. The number of benzene rings is 6. The molecule has 0 bridgehead atoms. The van der Waals surface area contributed by atoms with Gasteiger partial charge in [-0.15, -0.1) is 22.7 Å². The van der Waals surface area contributed by atoms with Gasteiger partial charge in [0.05, 0.1) is 10.8 Å². The molecular formula is C37H20O2S2. The summed E-state index contributed by atoms with van der Waals surface area (Å²) in [5.74, 6) is 0. The van der Waals surface area contributed by atoms with Gasteiger partial charge in [-0.2, -0.15) is 0 Å². The standard InChI is InChI=1S/C37H20O2S2/c38-33-29-17-5-11-23(27-15-7-13-25-21-9-1-3-19-31(21)40-36(25)27)34(29)39-35-24(12-6-18-30(33)35)28-16-8-14-26-22-10-2-4-20-32(22)41-37(26)28/h1-20H. The molecule has 9 aromatic rings. The second-order valence-corrected chi connectivity index (χ2v) is 12.5. The molecule has 192 valence electrons. The zero-order chi connectivity index (χ0) is 27.1. The second kappa shape index (κ2) is 8.61. The van der Waals surface area contributed by atoms with Crippen molar-refractivity contribution in [1.82, 2.24) is 0 Å². The van der Waals surface area contributed by atoms with Crippen molar-refractivity contribution in [2.75, 3.05) is 0 Å². The Kier molecular flexibility index (Phi) is 4.83. The quantitative estimate of drug-likeness (QED) is 0.197. The number of hydrogen-bond donors (Lipinski definition) is 0. The summed E-state index contributed by atoms with van der Waals surface area (Å²) in [5.41, 5.74) is 5.30. The van der Waals surface area contributed by atoms with Crippen molar-refractivity contribution in [3.8, 4) is 22.3 Å². The predicted octanol–water partition coefficient (Wildman–Crippen LogP) is 11.0. The molecule has 6 aromatic carbocycles. The number of fused-ring (bicyclic) bond motifs is 8. The Morgan fingerprint density at radius 1 is 0.390 bits per heavy atom. The van der Waals surface area contributed by atoms with Crippen LogP contribution in [0.5, 0.6) is 0 Å². The normalized spacial score (nSPS) is 12.0. The number of thiophene rings is 2. The minimum absolute atomic E-state index is 0.00279. The summed E-state index contributed by atoms with van der Waals surface area (Å²) < 4.78 is 11.8. The van der Waals surface area contributed by atoms with Crippen LogP contribution in [0.25, 0.3) is 84.5 Å². The summed E-state index contributed by atoms with van der Waals surface area (Å²) in [6.45, 7) is 0. The number of rotatable bonds is 2. The maximum absolute atomic E-state index is 14.0. The third-order valence-corrected chi connectivity index (χ3v) is 10.6. The summed E-state index contributed by atoms with van der Waals surface area (Å²) in [6, 6.07) is 41.7. The lowest BCUT2D eigenvalue weighted by molar-refractivity contribution is 0.662. The van der Waals surface area contributed by atoms with E-state index >= 15 is 0 Å². The van der Waals surface area contributed by atoms with Gasteiger partial charge in [0.2, 0.25) is 5.43 Å². The molecule has 0 atom stereocenters. The Labute approximate surface area is 242 Å². The van der Waals surface area contributed by atoms with Gasteiger partial charge in [0.1, 0.15) is 11.2 Å². The molecule has 0 aliphatic carbocycles. The van der Waals surface area contributed by atoms with Crippen molar-refractivity contribution < 1.29 is 4.42 Å². The van der Waals surface area contributed by atoms with E-state index in [1.807, 2.05) is 24.3 Å². The zero-order valence-electron chi connectivity index (χ0n) is 21.7. The molecule has 0 amide bonds. The van der Waals surface area contributed by atoms with Crippen LogP contribution in [0.3, 0.4) is 0 Å². The average molecular weight is 561 g/mol. The van der Waals surface area contributed by atoms with E-state index in [-0.39, 0.29) is 5.43 Å². The first kappa shape index (κ1) is 23.0. The van der Waals surface area contributed by atoms with Gasteiger partial charge in [0.25, 0.3) is 0 Å². The fraction of sp³-hybridized carbons (Fsp3) is 0. The van der Waals surface area contributed by atoms with E-state index in [1.165, 1.54) is 40.3 Å². The van der Waals surface area contributed by atoms with E-state index in [4.69, 9.17) is 4.42 Å². The summed E-state index contributed by atoms with van der Waals surface area (Å²) in [6.07, 6.45) is 0. The van der Waals surface area contributed by atoms with Crippen molar-refractivity contribution in [2.45, 2.75) is 0 Å². The van der Waals surface area contributed by atoms with Gasteiger partial charge >= 0.3 is 0 Å². The van der Waals surface area contributed by atoms with Crippen LogP contribution in [0.1, 0.15) is 0 Å². The molecule has 4 heteroatoms. The fourth-order valence-electron chi connectivity index (χ4n) is 6.24. The summed E-state index contributed by atoms with van der Waals surface area (Å²) in [5, 5.41) is 6.15. The first-order chi connectivity index (χ1) is 20.3. The van der Waals surface area contributed by atoms with Crippen molar-refractivity contribution in [3.05, 3.63) is 132 Å². The van der Waals surface area contributed by atoms with Gasteiger partial charge in [-0.05, 0) is 24.3 Å². The van der Waals surface area contributed by atoms with Crippen molar-refractivity contribution >= 4 is 85.0 Å². The number of hydrogen-bond acceptors (Lipinski definition) is 4. The lowest BCUT2D eigenvalue weighted by Gasteiger charge is -2.11. The lowest BCUT2D eigenvalue weighted by Crippen LogP contribution is -2.03. The smallest absolute Gasteiger partial charge is 0.200 e. The molecule has 0 spiro atoms. The first-order valence-electron chi connectivity index (χ1n) is 13.6. The Morgan fingerprint density at radius 3 is 1.27 bits per heavy atom. The van der Waals surface area contributed by atoms with E-state index in [9.17, 15) is 4.79 Å². The molecule has 0 aliphatic rings. The molecule has 3 aromatic heterocycles. The van der Waals surface area contributed by atoms with Gasteiger partial charge in [0, 0.05) is 62.6 Å². The van der Waals surface area contributed by atoms with Crippen LogP contribution in [-0.4, -0.2) is 0 Å². The van der Waals surface area contributed by atoms with E-state index in [0.29, 0.717) is 21.9 Å². The largest absolute Gasteiger partial charge is 0.455 e. The molecule has 3 heterocycles. The molecule has 0 fully saturated rings. The Bertz CT molecular complexity index is 2390. The van der Waals surface area contributed by atoms with Crippen LogP contribution in [0.15, 0.2) is 131 Å². The SMILES string of the molecule is O=c1c2cccc(-c3cccc4c3sc3ccccc34)c2oc2c(-c3cccc4c3sc3ccccc34)cccc12. The molecule has 0 N–H and O–H groups in total. The van der Waals surface area contributed by atoms with Crippen LogP contribution < -0.4 is 5.43 Å². The van der Waals surface area contributed by atoms with Crippen LogP contribution in [0.2, 0.25) is 0 Å². The van der Waals surface area contributed by atoms with Crippen LogP contribution >= 0.6 is 22.7 Å². The predicted molar refractivity (Wildman–Crippen MR) is 177 cm³/mol. The molecule has 41 heavy (non-hydrogen) atoms. The van der Waals surface area contributed by atoms with E-state index in [0.717, 1.165) is 22.3 Å². The fourth-order valence-corrected chi connectivity index (χ4v) is 8.70. The highest BCUT2D eigenvalue weighted by Gasteiger charge is 2.19. The first-order valence-corrected chi connectivity index (χ1v) is 15.2. The Morgan fingerprint density at radius 2 is 0.780 bits per heavy atom. The monoisotopic (exact) mass is 560 g/mol. The van der Waals surface area contributed by atoms with Crippen LogP contribution in [0, 0.1) is 0 Å².